The predicted molar refractivity (Wildman–Crippen MR) is 89.4 cm³/mol. The zero-order valence-corrected chi connectivity index (χ0v) is 13.8. The highest BCUT2D eigenvalue weighted by atomic mass is 16.2. The van der Waals surface area contributed by atoms with Gasteiger partial charge in [0, 0.05) is 31.5 Å². The number of guanidine groups is 1. The summed E-state index contributed by atoms with van der Waals surface area (Å²) in [4.78, 5) is 18.3. The summed E-state index contributed by atoms with van der Waals surface area (Å²) >= 11 is 0. The second kappa shape index (κ2) is 6.38. The van der Waals surface area contributed by atoms with E-state index in [1.54, 1.807) is 0 Å². The van der Waals surface area contributed by atoms with E-state index in [0.717, 1.165) is 5.56 Å². The second-order valence-electron chi connectivity index (χ2n) is 6.93. The summed E-state index contributed by atoms with van der Waals surface area (Å²) in [6.07, 6.45) is 0.516. The van der Waals surface area contributed by atoms with Crippen molar-refractivity contribution in [2.45, 2.75) is 38.8 Å². The van der Waals surface area contributed by atoms with Crippen molar-refractivity contribution in [3.05, 3.63) is 35.9 Å². The second-order valence-corrected chi connectivity index (χ2v) is 6.93. The number of nitrogens with two attached hydrogens (primary N) is 1. The van der Waals surface area contributed by atoms with Crippen LogP contribution in [0.15, 0.2) is 35.3 Å². The Morgan fingerprint density at radius 2 is 2.00 bits per heavy atom. The van der Waals surface area contributed by atoms with Gasteiger partial charge in [-0.05, 0) is 26.3 Å². The lowest BCUT2D eigenvalue weighted by Crippen LogP contribution is -2.45. The summed E-state index contributed by atoms with van der Waals surface area (Å²) in [5.74, 6) is 0.748. The molecule has 0 aliphatic carbocycles. The van der Waals surface area contributed by atoms with Gasteiger partial charge in [-0.3, -0.25) is 9.79 Å². The van der Waals surface area contributed by atoms with Crippen molar-refractivity contribution in [2.24, 2.45) is 16.6 Å². The molecule has 1 heterocycles. The van der Waals surface area contributed by atoms with Crippen molar-refractivity contribution in [2.75, 3.05) is 13.6 Å². The van der Waals surface area contributed by atoms with Gasteiger partial charge >= 0.3 is 0 Å². The minimum absolute atomic E-state index is 0.0693. The number of hydrogen-bond donors (Lipinski definition) is 2. The molecule has 1 fully saturated rings. The Bertz CT molecular complexity index is 548. The highest BCUT2D eigenvalue weighted by Crippen LogP contribution is 2.36. The molecule has 0 spiro atoms. The van der Waals surface area contributed by atoms with Crippen LogP contribution in [0.5, 0.6) is 0 Å². The first kappa shape index (κ1) is 16.3. The van der Waals surface area contributed by atoms with E-state index < -0.39 is 0 Å². The summed E-state index contributed by atoms with van der Waals surface area (Å²) in [5.41, 5.74) is 6.97. The van der Waals surface area contributed by atoms with Gasteiger partial charge in [0.1, 0.15) is 0 Å². The summed E-state index contributed by atoms with van der Waals surface area (Å²) in [7, 11) is 1.86. The number of nitrogens with zero attached hydrogens (tertiary/aromatic N) is 2. The molecule has 1 aromatic rings. The van der Waals surface area contributed by atoms with Gasteiger partial charge in [-0.1, -0.05) is 30.3 Å². The quantitative estimate of drug-likeness (QED) is 0.662. The van der Waals surface area contributed by atoms with Crippen molar-refractivity contribution in [3.8, 4) is 0 Å². The first-order valence-electron chi connectivity index (χ1n) is 7.66. The number of carbonyl (C=O) groups is 1. The third-order valence-corrected chi connectivity index (χ3v) is 3.83. The van der Waals surface area contributed by atoms with Crippen LogP contribution in [0.1, 0.15) is 38.8 Å². The van der Waals surface area contributed by atoms with Crippen LogP contribution >= 0.6 is 0 Å². The SMILES string of the molecule is CN1C(=O)CC(CN=C(N)NC(C)(C)C)C1c1ccccc1. The summed E-state index contributed by atoms with van der Waals surface area (Å²) in [6.45, 7) is 6.66. The zero-order valence-electron chi connectivity index (χ0n) is 13.8. The van der Waals surface area contributed by atoms with Gasteiger partial charge in [-0.25, -0.2) is 0 Å². The molecule has 1 aromatic carbocycles. The Balaban J connectivity index is 2.12. The Kier molecular flexibility index (Phi) is 4.74. The first-order valence-corrected chi connectivity index (χ1v) is 7.66. The van der Waals surface area contributed by atoms with Gasteiger partial charge in [0.2, 0.25) is 5.91 Å². The van der Waals surface area contributed by atoms with Gasteiger partial charge in [0.25, 0.3) is 0 Å². The van der Waals surface area contributed by atoms with E-state index in [-0.39, 0.29) is 23.4 Å². The lowest BCUT2D eigenvalue weighted by molar-refractivity contribution is -0.127. The predicted octanol–water partition coefficient (Wildman–Crippen LogP) is 1.91. The third kappa shape index (κ3) is 4.00. The van der Waals surface area contributed by atoms with E-state index in [2.05, 4.69) is 22.4 Å². The minimum atomic E-state index is -0.116. The molecule has 2 rings (SSSR count). The number of likely N-dealkylation sites (tertiary alicyclic amines) is 1. The lowest BCUT2D eigenvalue weighted by atomic mass is 9.94. The Hall–Kier alpha value is -2.04. The fourth-order valence-electron chi connectivity index (χ4n) is 2.90. The third-order valence-electron chi connectivity index (χ3n) is 3.83. The van der Waals surface area contributed by atoms with E-state index in [9.17, 15) is 4.79 Å². The number of hydrogen-bond acceptors (Lipinski definition) is 2. The molecule has 1 aliphatic rings. The maximum atomic E-state index is 12.1. The monoisotopic (exact) mass is 302 g/mol. The molecule has 1 saturated heterocycles. The van der Waals surface area contributed by atoms with Gasteiger partial charge in [0.15, 0.2) is 5.96 Å². The van der Waals surface area contributed by atoms with Crippen molar-refractivity contribution < 1.29 is 4.79 Å². The van der Waals surface area contributed by atoms with Crippen LogP contribution in [0.25, 0.3) is 0 Å². The van der Waals surface area contributed by atoms with Gasteiger partial charge in [0.05, 0.1) is 6.04 Å². The molecule has 0 bridgehead atoms. The van der Waals surface area contributed by atoms with Crippen LogP contribution in [0.3, 0.4) is 0 Å². The van der Waals surface area contributed by atoms with Gasteiger partial charge in [-0.15, -0.1) is 0 Å². The van der Waals surface area contributed by atoms with Crippen LogP contribution in [-0.4, -0.2) is 35.9 Å². The Morgan fingerprint density at radius 1 is 1.36 bits per heavy atom. The first-order chi connectivity index (χ1) is 10.3. The van der Waals surface area contributed by atoms with Crippen LogP contribution in [0.2, 0.25) is 0 Å². The number of benzene rings is 1. The molecule has 2 unspecified atom stereocenters. The summed E-state index contributed by atoms with van der Waals surface area (Å²) in [6, 6.07) is 10.2. The molecule has 0 saturated carbocycles. The molecule has 5 nitrogen and oxygen atoms in total. The standard InChI is InChI=1S/C17H26N4O/c1-17(2,3)20-16(18)19-11-13-10-14(22)21(4)15(13)12-8-6-5-7-9-12/h5-9,13,15H,10-11H2,1-4H3,(H3,18,19,20). The smallest absolute Gasteiger partial charge is 0.223 e. The van der Waals surface area contributed by atoms with E-state index in [1.807, 2.05) is 50.9 Å². The molecule has 1 amide bonds. The summed E-state index contributed by atoms with van der Waals surface area (Å²) in [5, 5.41) is 3.15. The minimum Gasteiger partial charge on any atom is -0.370 e. The normalized spacial score (nSPS) is 23.0. The Labute approximate surface area is 132 Å². The molecule has 0 radical (unpaired) electrons. The number of nitrogens with one attached hydrogen (secondary N) is 1. The van der Waals surface area contributed by atoms with Crippen LogP contribution in [-0.2, 0) is 4.79 Å². The molecule has 2 atom stereocenters. The fraction of sp³-hybridized carbons (Fsp3) is 0.529. The largest absolute Gasteiger partial charge is 0.370 e. The molecular formula is C17H26N4O. The number of aliphatic imine (C=N–C) groups is 1. The molecule has 1 aliphatic heterocycles. The fourth-order valence-corrected chi connectivity index (χ4v) is 2.90. The van der Waals surface area contributed by atoms with Gasteiger partial charge < -0.3 is 16.0 Å². The number of rotatable bonds is 3. The van der Waals surface area contributed by atoms with Gasteiger partial charge in [-0.2, -0.15) is 0 Å². The molecule has 22 heavy (non-hydrogen) atoms. The van der Waals surface area contributed by atoms with Crippen molar-refractivity contribution in [1.82, 2.24) is 10.2 Å². The average molecular weight is 302 g/mol. The van der Waals surface area contributed by atoms with E-state index in [4.69, 9.17) is 5.73 Å². The van der Waals surface area contributed by atoms with Crippen LogP contribution < -0.4 is 11.1 Å². The number of amides is 1. The van der Waals surface area contributed by atoms with E-state index >= 15 is 0 Å². The molecule has 3 N–H and O–H groups in total. The Morgan fingerprint density at radius 3 is 2.59 bits per heavy atom. The highest BCUT2D eigenvalue weighted by Gasteiger charge is 2.38. The van der Waals surface area contributed by atoms with Crippen molar-refractivity contribution >= 4 is 11.9 Å². The molecule has 5 heteroatoms. The van der Waals surface area contributed by atoms with Crippen molar-refractivity contribution in [1.29, 1.82) is 0 Å². The lowest BCUT2D eigenvalue weighted by Gasteiger charge is -2.25. The van der Waals surface area contributed by atoms with Crippen LogP contribution in [0, 0.1) is 5.92 Å². The molecular weight excluding hydrogens is 276 g/mol. The highest BCUT2D eigenvalue weighted by molar-refractivity contribution is 5.80. The maximum absolute atomic E-state index is 12.1. The van der Waals surface area contributed by atoms with Crippen LogP contribution in [0.4, 0.5) is 0 Å². The zero-order chi connectivity index (χ0) is 16.3. The average Bonchev–Trinajstić information content (AvgIpc) is 2.71. The maximum Gasteiger partial charge on any atom is 0.223 e. The number of carbonyl (C=O) groups excluding carboxylic acids is 1. The molecule has 120 valence electrons. The van der Waals surface area contributed by atoms with E-state index in [0.29, 0.717) is 18.9 Å². The molecule has 0 aromatic heterocycles. The summed E-state index contributed by atoms with van der Waals surface area (Å²) < 4.78 is 0. The topological polar surface area (TPSA) is 70.7 Å². The van der Waals surface area contributed by atoms with Crippen molar-refractivity contribution in [3.63, 3.8) is 0 Å². The van der Waals surface area contributed by atoms with E-state index in [1.165, 1.54) is 0 Å².